The highest BCUT2D eigenvalue weighted by molar-refractivity contribution is 9.10. The van der Waals surface area contributed by atoms with Gasteiger partial charge in [0, 0.05) is 18.8 Å². The molecule has 0 saturated carbocycles. The van der Waals surface area contributed by atoms with Crippen LogP contribution in [0.4, 0.5) is 10.1 Å². The fourth-order valence-corrected chi connectivity index (χ4v) is 3.92. The summed E-state index contributed by atoms with van der Waals surface area (Å²) in [7, 11) is -4.03. The molecule has 1 aromatic carbocycles. The SMILES string of the molecule is CCN(CC(C)C#N)S(=O)(=O)c1cc(N)cc(Br)c1F. The van der Waals surface area contributed by atoms with Crippen molar-refractivity contribution in [2.24, 2.45) is 5.92 Å². The first-order chi connectivity index (χ1) is 9.23. The van der Waals surface area contributed by atoms with E-state index in [-0.39, 0.29) is 23.2 Å². The van der Waals surface area contributed by atoms with E-state index in [9.17, 15) is 12.8 Å². The van der Waals surface area contributed by atoms with E-state index in [4.69, 9.17) is 11.0 Å². The summed E-state index contributed by atoms with van der Waals surface area (Å²) in [4.78, 5) is -0.489. The topological polar surface area (TPSA) is 87.2 Å². The molecule has 20 heavy (non-hydrogen) atoms. The molecule has 8 heteroatoms. The molecule has 0 saturated heterocycles. The Morgan fingerprint density at radius 2 is 2.15 bits per heavy atom. The second-order valence-electron chi connectivity index (χ2n) is 4.30. The molecule has 0 bridgehead atoms. The third-order valence-corrected chi connectivity index (χ3v) is 5.20. The summed E-state index contributed by atoms with van der Waals surface area (Å²) in [6.45, 7) is 3.37. The van der Waals surface area contributed by atoms with E-state index >= 15 is 0 Å². The standard InChI is InChI=1S/C12H15BrFN3O2S/c1-3-17(7-8(2)6-15)20(18,19)11-5-9(16)4-10(13)12(11)14/h4-5,8H,3,7,16H2,1-2H3. The lowest BCUT2D eigenvalue weighted by Gasteiger charge is -2.22. The Hall–Kier alpha value is -1.17. The number of halogens is 2. The maximum atomic E-state index is 14.0. The molecule has 0 aliphatic rings. The number of nitriles is 1. The molecule has 1 rings (SSSR count). The molecule has 1 atom stereocenters. The number of benzene rings is 1. The van der Waals surface area contributed by atoms with Gasteiger partial charge in [0.15, 0.2) is 5.82 Å². The molecule has 0 aliphatic heterocycles. The minimum absolute atomic E-state index is 0.00118. The van der Waals surface area contributed by atoms with Crippen LogP contribution in [0.25, 0.3) is 0 Å². The summed E-state index contributed by atoms with van der Waals surface area (Å²) >= 11 is 2.93. The molecular formula is C12H15BrFN3O2S. The van der Waals surface area contributed by atoms with Gasteiger partial charge in [-0.05, 0) is 35.0 Å². The Labute approximate surface area is 126 Å². The fraction of sp³-hybridized carbons (Fsp3) is 0.417. The lowest BCUT2D eigenvalue weighted by atomic mass is 10.2. The van der Waals surface area contributed by atoms with Gasteiger partial charge in [-0.15, -0.1) is 0 Å². The largest absolute Gasteiger partial charge is 0.399 e. The van der Waals surface area contributed by atoms with Crippen molar-refractivity contribution < 1.29 is 12.8 Å². The van der Waals surface area contributed by atoms with Crippen LogP contribution in [0.15, 0.2) is 21.5 Å². The van der Waals surface area contributed by atoms with Crippen molar-refractivity contribution in [3.63, 3.8) is 0 Å². The summed E-state index contributed by atoms with van der Waals surface area (Å²) in [6.07, 6.45) is 0. The summed E-state index contributed by atoms with van der Waals surface area (Å²) in [5, 5.41) is 8.79. The Balaban J connectivity index is 3.32. The monoisotopic (exact) mass is 363 g/mol. The summed E-state index contributed by atoms with van der Waals surface area (Å²) in [6, 6.07) is 4.33. The van der Waals surface area contributed by atoms with Crippen molar-refractivity contribution in [2.45, 2.75) is 18.7 Å². The summed E-state index contributed by atoms with van der Waals surface area (Å²) in [5.74, 6) is -1.38. The van der Waals surface area contributed by atoms with E-state index in [0.717, 1.165) is 10.4 Å². The zero-order valence-corrected chi connectivity index (χ0v) is 13.5. The molecule has 110 valence electrons. The van der Waals surface area contributed by atoms with Gasteiger partial charge in [-0.3, -0.25) is 0 Å². The van der Waals surface area contributed by atoms with E-state index in [1.54, 1.807) is 13.8 Å². The summed E-state index contributed by atoms with van der Waals surface area (Å²) in [5.41, 5.74) is 5.70. The van der Waals surface area contributed by atoms with E-state index in [0.29, 0.717) is 0 Å². The van der Waals surface area contributed by atoms with Gasteiger partial charge in [0.25, 0.3) is 0 Å². The van der Waals surface area contributed by atoms with Crippen LogP contribution in [-0.2, 0) is 10.0 Å². The fourth-order valence-electron chi connectivity index (χ4n) is 1.65. The van der Waals surface area contributed by atoms with E-state index < -0.39 is 26.7 Å². The molecular weight excluding hydrogens is 349 g/mol. The van der Waals surface area contributed by atoms with Crippen molar-refractivity contribution in [1.29, 1.82) is 5.26 Å². The van der Waals surface area contributed by atoms with Crippen LogP contribution in [0.2, 0.25) is 0 Å². The van der Waals surface area contributed by atoms with E-state index in [1.165, 1.54) is 6.07 Å². The second-order valence-corrected chi connectivity index (χ2v) is 7.06. The minimum atomic E-state index is -4.03. The van der Waals surface area contributed by atoms with Gasteiger partial charge in [-0.25, -0.2) is 12.8 Å². The van der Waals surface area contributed by atoms with Gasteiger partial charge in [0.1, 0.15) is 4.90 Å². The van der Waals surface area contributed by atoms with Crippen LogP contribution >= 0.6 is 15.9 Å². The smallest absolute Gasteiger partial charge is 0.246 e. The zero-order valence-electron chi connectivity index (χ0n) is 11.1. The molecule has 0 aromatic heterocycles. The van der Waals surface area contributed by atoms with Crippen molar-refractivity contribution in [3.05, 3.63) is 22.4 Å². The van der Waals surface area contributed by atoms with Gasteiger partial charge in [0.2, 0.25) is 10.0 Å². The first kappa shape index (κ1) is 16.9. The van der Waals surface area contributed by atoms with E-state index in [1.807, 2.05) is 6.07 Å². The predicted molar refractivity (Wildman–Crippen MR) is 77.7 cm³/mol. The highest BCUT2D eigenvalue weighted by Crippen LogP contribution is 2.28. The molecule has 0 fully saturated rings. The number of rotatable bonds is 5. The van der Waals surface area contributed by atoms with Crippen LogP contribution in [0.5, 0.6) is 0 Å². The molecule has 2 N–H and O–H groups in total. The van der Waals surface area contributed by atoms with Crippen LogP contribution in [0.1, 0.15) is 13.8 Å². The summed E-state index contributed by atoms with van der Waals surface area (Å²) < 4.78 is 39.9. The number of sulfonamides is 1. The Bertz CT molecular complexity index is 643. The first-order valence-electron chi connectivity index (χ1n) is 5.88. The van der Waals surface area contributed by atoms with Crippen LogP contribution < -0.4 is 5.73 Å². The Morgan fingerprint density at radius 3 is 2.65 bits per heavy atom. The lowest BCUT2D eigenvalue weighted by molar-refractivity contribution is 0.396. The number of anilines is 1. The molecule has 0 amide bonds. The average Bonchev–Trinajstić information content (AvgIpc) is 2.39. The van der Waals surface area contributed by atoms with Gasteiger partial charge in [-0.1, -0.05) is 6.92 Å². The molecule has 0 spiro atoms. The molecule has 1 aromatic rings. The highest BCUT2D eigenvalue weighted by Gasteiger charge is 2.29. The molecule has 0 aliphatic carbocycles. The number of nitrogens with zero attached hydrogens (tertiary/aromatic N) is 2. The maximum absolute atomic E-state index is 14.0. The van der Waals surface area contributed by atoms with Crippen LogP contribution in [-0.4, -0.2) is 25.8 Å². The van der Waals surface area contributed by atoms with Crippen LogP contribution in [0, 0.1) is 23.1 Å². The quantitative estimate of drug-likeness (QED) is 0.813. The van der Waals surface area contributed by atoms with Crippen molar-refractivity contribution >= 4 is 31.6 Å². The normalized spacial score (nSPS) is 13.2. The number of nitrogens with two attached hydrogens (primary N) is 1. The van der Waals surface area contributed by atoms with Crippen molar-refractivity contribution in [3.8, 4) is 6.07 Å². The third-order valence-electron chi connectivity index (χ3n) is 2.69. The molecule has 0 radical (unpaired) electrons. The average molecular weight is 364 g/mol. The number of hydrogen-bond donors (Lipinski definition) is 1. The van der Waals surface area contributed by atoms with Gasteiger partial charge < -0.3 is 5.73 Å². The van der Waals surface area contributed by atoms with E-state index in [2.05, 4.69) is 15.9 Å². The zero-order chi connectivity index (χ0) is 15.5. The minimum Gasteiger partial charge on any atom is -0.399 e. The Kier molecular flexibility index (Phi) is 5.50. The third kappa shape index (κ3) is 3.48. The first-order valence-corrected chi connectivity index (χ1v) is 8.11. The Morgan fingerprint density at radius 1 is 1.55 bits per heavy atom. The number of nitrogen functional groups attached to an aromatic ring is 1. The van der Waals surface area contributed by atoms with Crippen molar-refractivity contribution in [1.82, 2.24) is 4.31 Å². The van der Waals surface area contributed by atoms with Gasteiger partial charge >= 0.3 is 0 Å². The second kappa shape index (κ2) is 6.52. The van der Waals surface area contributed by atoms with Gasteiger partial charge in [-0.2, -0.15) is 9.57 Å². The lowest BCUT2D eigenvalue weighted by Crippen LogP contribution is -2.35. The molecule has 5 nitrogen and oxygen atoms in total. The van der Waals surface area contributed by atoms with Crippen LogP contribution in [0.3, 0.4) is 0 Å². The number of hydrogen-bond acceptors (Lipinski definition) is 4. The van der Waals surface area contributed by atoms with Crippen molar-refractivity contribution in [2.75, 3.05) is 18.8 Å². The molecule has 0 heterocycles. The van der Waals surface area contributed by atoms with Gasteiger partial charge in [0.05, 0.1) is 16.5 Å². The highest BCUT2D eigenvalue weighted by atomic mass is 79.9. The molecule has 1 unspecified atom stereocenters. The predicted octanol–water partition coefficient (Wildman–Crippen LogP) is 2.34. The maximum Gasteiger partial charge on any atom is 0.246 e.